The third-order valence-corrected chi connectivity index (χ3v) is 8.12. The average molecular weight is 671 g/mol. The summed E-state index contributed by atoms with van der Waals surface area (Å²) >= 11 is 0. The zero-order chi connectivity index (χ0) is 35.6. The Morgan fingerprint density at radius 1 is 0.480 bits per heavy atom. The lowest BCUT2D eigenvalue weighted by atomic mass is 9.94. The summed E-state index contributed by atoms with van der Waals surface area (Å²) in [5, 5.41) is 0. The summed E-state index contributed by atoms with van der Waals surface area (Å²) in [5.74, 6) is 0.107. The van der Waals surface area contributed by atoms with Crippen molar-refractivity contribution in [2.75, 3.05) is 27.4 Å². The first kappa shape index (κ1) is 35.3. The van der Waals surface area contributed by atoms with Crippen LogP contribution in [0.2, 0.25) is 0 Å². The molecule has 0 radical (unpaired) electrons. The van der Waals surface area contributed by atoms with Crippen molar-refractivity contribution in [2.24, 2.45) is 0 Å². The molecule has 5 aromatic rings. The third-order valence-electron chi connectivity index (χ3n) is 8.12. The highest BCUT2D eigenvalue weighted by Crippen LogP contribution is 2.34. The van der Waals surface area contributed by atoms with Crippen LogP contribution in [0.15, 0.2) is 109 Å². The zero-order valence-corrected chi connectivity index (χ0v) is 28.5. The van der Waals surface area contributed by atoms with Gasteiger partial charge in [0, 0.05) is 33.4 Å². The number of ketones is 2. The highest BCUT2D eigenvalue weighted by Gasteiger charge is 2.18. The molecule has 0 saturated heterocycles. The van der Waals surface area contributed by atoms with Crippen molar-refractivity contribution in [1.29, 1.82) is 0 Å². The minimum Gasteiger partial charge on any atom is -0.496 e. The van der Waals surface area contributed by atoms with Gasteiger partial charge < -0.3 is 18.9 Å². The van der Waals surface area contributed by atoms with E-state index in [0.717, 1.165) is 22.3 Å². The van der Waals surface area contributed by atoms with Gasteiger partial charge in [-0.15, -0.1) is 0 Å². The standard InChI is InChI=1S/C42H38O8/c1-5-49-39(43)23-27-9-7-11-31(21-27)35-25-33(17-19-37(35)47-3)41(45)29-13-15-30(16-14-29)42(46)34-18-20-38(48-4)36(26-34)32-12-8-10-28(22-32)24-40(44)50-6-2/h7-22,25-26H,5-6,23-24H2,1-4H3. The van der Waals surface area contributed by atoms with E-state index in [1.807, 2.05) is 48.5 Å². The Morgan fingerprint density at radius 2 is 0.860 bits per heavy atom. The molecule has 0 atom stereocenters. The summed E-state index contributed by atoms with van der Waals surface area (Å²) in [7, 11) is 3.13. The van der Waals surface area contributed by atoms with Crippen molar-refractivity contribution in [3.63, 3.8) is 0 Å². The minimum absolute atomic E-state index is 0.135. The molecule has 0 aromatic heterocycles. The number of carbonyl (C=O) groups is 4. The van der Waals surface area contributed by atoms with Crippen molar-refractivity contribution in [3.8, 4) is 33.8 Å². The number of ether oxygens (including phenoxy) is 4. The first-order chi connectivity index (χ1) is 24.2. The lowest BCUT2D eigenvalue weighted by molar-refractivity contribution is -0.143. The van der Waals surface area contributed by atoms with Gasteiger partial charge in [0.05, 0.1) is 40.3 Å². The number of hydrogen-bond acceptors (Lipinski definition) is 8. The van der Waals surface area contributed by atoms with Crippen LogP contribution < -0.4 is 9.47 Å². The van der Waals surface area contributed by atoms with Gasteiger partial charge in [0.1, 0.15) is 11.5 Å². The fourth-order valence-corrected chi connectivity index (χ4v) is 5.71. The minimum atomic E-state index is -0.312. The highest BCUT2D eigenvalue weighted by atomic mass is 16.5. The molecule has 50 heavy (non-hydrogen) atoms. The van der Waals surface area contributed by atoms with Crippen LogP contribution in [0.5, 0.6) is 11.5 Å². The lowest BCUT2D eigenvalue weighted by Gasteiger charge is -2.13. The number of methoxy groups -OCH3 is 2. The first-order valence-electron chi connectivity index (χ1n) is 16.3. The van der Waals surface area contributed by atoms with Gasteiger partial charge in [0.2, 0.25) is 0 Å². The van der Waals surface area contributed by atoms with Gasteiger partial charge in [-0.25, -0.2) is 0 Å². The van der Waals surface area contributed by atoms with E-state index in [-0.39, 0.29) is 36.3 Å². The molecular weight excluding hydrogens is 632 g/mol. The second-order valence-corrected chi connectivity index (χ2v) is 11.4. The van der Waals surface area contributed by atoms with E-state index in [1.165, 1.54) is 0 Å². The summed E-state index contributed by atoms with van der Waals surface area (Å²) in [5.41, 5.74) is 6.30. The Labute approximate surface area is 291 Å². The summed E-state index contributed by atoms with van der Waals surface area (Å²) in [6.07, 6.45) is 0.270. The van der Waals surface area contributed by atoms with Gasteiger partial charge in [-0.3, -0.25) is 19.2 Å². The number of esters is 2. The second kappa shape index (κ2) is 16.4. The van der Waals surface area contributed by atoms with Crippen molar-refractivity contribution >= 4 is 23.5 Å². The molecule has 0 aliphatic heterocycles. The number of carbonyl (C=O) groups excluding carboxylic acids is 4. The van der Waals surface area contributed by atoms with Crippen LogP contribution in [-0.4, -0.2) is 50.9 Å². The third kappa shape index (κ3) is 8.33. The Morgan fingerprint density at radius 3 is 1.22 bits per heavy atom. The molecule has 0 fully saturated rings. The molecular formula is C42H38O8. The van der Waals surface area contributed by atoms with Crippen molar-refractivity contribution < 1.29 is 38.1 Å². The smallest absolute Gasteiger partial charge is 0.310 e. The first-order valence-corrected chi connectivity index (χ1v) is 16.3. The van der Waals surface area contributed by atoms with Crippen LogP contribution in [0.25, 0.3) is 22.3 Å². The molecule has 5 rings (SSSR count). The van der Waals surface area contributed by atoms with E-state index in [1.54, 1.807) is 88.7 Å². The van der Waals surface area contributed by atoms with Crippen LogP contribution >= 0.6 is 0 Å². The molecule has 8 heteroatoms. The Hall–Kier alpha value is -6.02. The molecule has 0 saturated carbocycles. The Bertz CT molecular complexity index is 1880. The molecule has 0 bridgehead atoms. The number of rotatable bonds is 14. The molecule has 0 spiro atoms. The van der Waals surface area contributed by atoms with Gasteiger partial charge >= 0.3 is 11.9 Å². The molecule has 0 aliphatic carbocycles. The molecule has 254 valence electrons. The van der Waals surface area contributed by atoms with Crippen LogP contribution in [0.4, 0.5) is 0 Å². The Kier molecular flexibility index (Phi) is 11.6. The lowest BCUT2D eigenvalue weighted by Crippen LogP contribution is -2.07. The maximum atomic E-state index is 13.6. The van der Waals surface area contributed by atoms with Crippen LogP contribution in [0, 0.1) is 0 Å². The van der Waals surface area contributed by atoms with Gasteiger partial charge in [-0.2, -0.15) is 0 Å². The van der Waals surface area contributed by atoms with E-state index in [9.17, 15) is 19.2 Å². The molecule has 5 aromatic carbocycles. The van der Waals surface area contributed by atoms with Crippen molar-refractivity contribution in [1.82, 2.24) is 0 Å². The van der Waals surface area contributed by atoms with E-state index in [4.69, 9.17) is 18.9 Å². The molecule has 0 aliphatic rings. The summed E-state index contributed by atoms with van der Waals surface area (Å²) in [6, 6.07) is 31.9. The van der Waals surface area contributed by atoms with Crippen LogP contribution in [0.3, 0.4) is 0 Å². The van der Waals surface area contributed by atoms with E-state index in [2.05, 4.69) is 0 Å². The molecule has 0 unspecified atom stereocenters. The Balaban J connectivity index is 1.37. The van der Waals surface area contributed by atoms with Crippen molar-refractivity contribution in [3.05, 3.63) is 143 Å². The van der Waals surface area contributed by atoms with Gasteiger partial charge in [0.15, 0.2) is 11.6 Å². The van der Waals surface area contributed by atoms with Gasteiger partial charge in [-0.05, 0) is 72.5 Å². The fourth-order valence-electron chi connectivity index (χ4n) is 5.71. The second-order valence-electron chi connectivity index (χ2n) is 11.4. The van der Waals surface area contributed by atoms with Gasteiger partial charge in [0.25, 0.3) is 0 Å². The van der Waals surface area contributed by atoms with E-state index >= 15 is 0 Å². The van der Waals surface area contributed by atoms with E-state index < -0.39 is 0 Å². The largest absolute Gasteiger partial charge is 0.496 e. The van der Waals surface area contributed by atoms with Crippen molar-refractivity contribution in [2.45, 2.75) is 26.7 Å². The average Bonchev–Trinajstić information content (AvgIpc) is 3.14. The zero-order valence-electron chi connectivity index (χ0n) is 28.5. The topological polar surface area (TPSA) is 105 Å². The molecule has 0 amide bonds. The number of hydrogen-bond donors (Lipinski definition) is 0. The molecule has 8 nitrogen and oxygen atoms in total. The van der Waals surface area contributed by atoms with Crippen LogP contribution in [0.1, 0.15) is 56.8 Å². The molecule has 0 N–H and O–H groups in total. The summed E-state index contributed by atoms with van der Waals surface area (Å²) in [6.45, 7) is 4.15. The number of benzene rings is 5. The quantitative estimate of drug-likeness (QED) is 0.0874. The maximum Gasteiger partial charge on any atom is 0.310 e. The highest BCUT2D eigenvalue weighted by molar-refractivity contribution is 6.12. The predicted molar refractivity (Wildman–Crippen MR) is 191 cm³/mol. The van der Waals surface area contributed by atoms with Crippen LogP contribution in [-0.2, 0) is 31.9 Å². The fraction of sp³-hybridized carbons (Fsp3) is 0.190. The van der Waals surface area contributed by atoms with E-state index in [0.29, 0.717) is 58.1 Å². The SMILES string of the molecule is CCOC(=O)Cc1cccc(-c2cc(C(=O)c3ccc(C(=O)c4ccc(OC)c(-c5cccc(CC(=O)OCC)c5)c4)cc3)ccc2OC)c1. The summed E-state index contributed by atoms with van der Waals surface area (Å²) in [4.78, 5) is 51.4. The normalized spacial score (nSPS) is 10.6. The molecule has 0 heterocycles. The summed E-state index contributed by atoms with van der Waals surface area (Å²) < 4.78 is 21.4. The maximum absolute atomic E-state index is 13.6. The predicted octanol–water partition coefficient (Wildman–Crippen LogP) is 7.71. The monoisotopic (exact) mass is 670 g/mol. The van der Waals surface area contributed by atoms with Gasteiger partial charge in [-0.1, -0.05) is 72.8 Å².